The molecule has 0 aromatic heterocycles. The molecule has 0 radical (unpaired) electrons. The fourth-order valence-electron chi connectivity index (χ4n) is 1.92. The van der Waals surface area contributed by atoms with Crippen molar-refractivity contribution >= 4 is 0 Å². The average molecular weight is 351 g/mol. The van der Waals surface area contributed by atoms with Gasteiger partial charge in [-0.25, -0.2) is 0 Å². The molecule has 0 aliphatic heterocycles. The summed E-state index contributed by atoms with van der Waals surface area (Å²) in [5.41, 5.74) is 1.65. The standard InChI is InChI=1S/C8H11.C5H5.Hf/c1-7(2)8-5-3-4-6-8;1-2-4-5-3-1;/h3,5,7H,4H2,1-2H3;1-3H,4H2;. The van der Waals surface area contributed by atoms with Crippen LogP contribution in [0.25, 0.3) is 0 Å². The Kier molecular flexibility index (Phi) is 3.38. The summed E-state index contributed by atoms with van der Waals surface area (Å²) in [6.07, 6.45) is 14.1. The Hall–Kier alpha value is -0.170. The average Bonchev–Trinajstić information content (AvgIpc) is 2.75. The summed E-state index contributed by atoms with van der Waals surface area (Å²) in [6.45, 7) is 4.63. The minimum atomic E-state index is -0.630. The molecule has 14 heavy (non-hydrogen) atoms. The molecule has 2 aliphatic rings. The van der Waals surface area contributed by atoms with E-state index in [9.17, 15) is 0 Å². The maximum atomic E-state index is 2.36. The van der Waals surface area contributed by atoms with E-state index in [1.807, 2.05) is 3.33 Å². The van der Waals surface area contributed by atoms with Crippen molar-refractivity contribution in [2.75, 3.05) is 0 Å². The van der Waals surface area contributed by atoms with Gasteiger partial charge >= 0.3 is 98.1 Å². The van der Waals surface area contributed by atoms with Gasteiger partial charge in [-0.05, 0) is 0 Å². The van der Waals surface area contributed by atoms with Crippen molar-refractivity contribution in [3.05, 3.63) is 42.6 Å². The third-order valence-electron chi connectivity index (χ3n) is 2.67. The predicted molar refractivity (Wildman–Crippen MR) is 57.5 cm³/mol. The molecule has 0 atom stereocenters. The molecule has 2 aliphatic carbocycles. The van der Waals surface area contributed by atoms with E-state index in [1.165, 1.54) is 12.8 Å². The molecule has 0 unspecified atom stereocenters. The van der Waals surface area contributed by atoms with Crippen LogP contribution in [0.2, 0.25) is 0 Å². The fourth-order valence-corrected chi connectivity index (χ4v) is 7.39. The molecule has 2 rings (SSSR count). The summed E-state index contributed by atoms with van der Waals surface area (Å²) < 4.78 is 3.59. The Labute approximate surface area is 97.8 Å². The van der Waals surface area contributed by atoms with Crippen molar-refractivity contribution in [1.29, 1.82) is 0 Å². The normalized spacial score (nSPS) is 19.8. The van der Waals surface area contributed by atoms with Crippen molar-refractivity contribution < 1.29 is 22.9 Å². The van der Waals surface area contributed by atoms with Crippen LogP contribution >= 0.6 is 0 Å². The van der Waals surface area contributed by atoms with Crippen LogP contribution in [-0.2, 0) is 22.9 Å². The Morgan fingerprint density at radius 2 is 2.07 bits per heavy atom. The Balaban J connectivity index is 2.07. The van der Waals surface area contributed by atoms with E-state index in [0.717, 1.165) is 5.92 Å². The van der Waals surface area contributed by atoms with Gasteiger partial charge in [0.05, 0.1) is 0 Å². The van der Waals surface area contributed by atoms with Crippen molar-refractivity contribution in [1.82, 2.24) is 0 Å². The molecular weight excluding hydrogens is 335 g/mol. The molecule has 0 aromatic carbocycles. The molecule has 0 nitrogen and oxygen atoms in total. The number of allylic oxidation sites excluding steroid dienone is 8. The molecule has 1 heteroatoms. The molecule has 72 valence electrons. The molecule has 0 saturated heterocycles. The second-order valence-electron chi connectivity index (χ2n) is 4.14. The second kappa shape index (κ2) is 4.57. The van der Waals surface area contributed by atoms with E-state index in [1.54, 1.807) is 8.90 Å². The minimum absolute atomic E-state index is 0.630. The second-order valence-corrected chi connectivity index (χ2v) is 9.52. The van der Waals surface area contributed by atoms with Crippen LogP contribution in [0.1, 0.15) is 26.7 Å². The predicted octanol–water partition coefficient (Wildman–Crippen LogP) is 3.78. The first kappa shape index (κ1) is 10.4. The molecule has 0 bridgehead atoms. The first-order valence-corrected chi connectivity index (χ1v) is 8.89. The topological polar surface area (TPSA) is 0 Å². The van der Waals surface area contributed by atoms with Crippen molar-refractivity contribution in [2.24, 2.45) is 5.92 Å². The maximum absolute atomic E-state index is 2.36. The summed E-state index contributed by atoms with van der Waals surface area (Å²) in [4.78, 5) is 0. The van der Waals surface area contributed by atoms with Crippen molar-refractivity contribution in [3.8, 4) is 0 Å². The van der Waals surface area contributed by atoms with Crippen LogP contribution in [-0.4, -0.2) is 0 Å². The van der Waals surface area contributed by atoms with Gasteiger partial charge in [0.2, 0.25) is 0 Å². The Bertz CT molecular complexity index is 340. The summed E-state index contributed by atoms with van der Waals surface area (Å²) >= 11 is -0.630. The first-order chi connectivity index (χ1) is 6.77. The quantitative estimate of drug-likeness (QED) is 0.679. The van der Waals surface area contributed by atoms with E-state index in [4.69, 9.17) is 0 Å². The van der Waals surface area contributed by atoms with Crippen LogP contribution in [0, 0.1) is 5.92 Å². The van der Waals surface area contributed by atoms with Crippen molar-refractivity contribution in [3.63, 3.8) is 0 Å². The monoisotopic (exact) mass is 352 g/mol. The fraction of sp³-hybridized carbons (Fsp3) is 0.385. The Morgan fingerprint density at radius 1 is 1.21 bits per heavy atom. The SMILES string of the molecule is CC(C)C1=[C]([Hf][C]2=CC=CC2)CC=C1. The third-order valence-corrected chi connectivity index (χ3v) is 8.01. The van der Waals surface area contributed by atoms with E-state index in [0.29, 0.717) is 0 Å². The molecule has 0 heterocycles. The zero-order chi connectivity index (χ0) is 9.97. The molecule has 0 fully saturated rings. The zero-order valence-electron chi connectivity index (χ0n) is 8.88. The third kappa shape index (κ3) is 2.25. The van der Waals surface area contributed by atoms with Crippen LogP contribution < -0.4 is 0 Å². The van der Waals surface area contributed by atoms with E-state index in [2.05, 4.69) is 44.2 Å². The summed E-state index contributed by atoms with van der Waals surface area (Å²) in [5.74, 6) is 0.728. The van der Waals surface area contributed by atoms with Gasteiger partial charge in [-0.15, -0.1) is 0 Å². The van der Waals surface area contributed by atoms with E-state index in [-0.39, 0.29) is 0 Å². The molecule has 0 saturated carbocycles. The van der Waals surface area contributed by atoms with Gasteiger partial charge < -0.3 is 0 Å². The van der Waals surface area contributed by atoms with Gasteiger partial charge in [0.25, 0.3) is 0 Å². The van der Waals surface area contributed by atoms with Gasteiger partial charge in [-0.2, -0.15) is 0 Å². The van der Waals surface area contributed by atoms with Gasteiger partial charge in [-0.1, -0.05) is 0 Å². The van der Waals surface area contributed by atoms with E-state index >= 15 is 0 Å². The van der Waals surface area contributed by atoms with Crippen LogP contribution in [0.15, 0.2) is 42.6 Å². The molecule has 0 N–H and O–H groups in total. The summed E-state index contributed by atoms with van der Waals surface area (Å²) in [5, 5.41) is 0. The zero-order valence-corrected chi connectivity index (χ0v) is 12.5. The van der Waals surface area contributed by atoms with Gasteiger partial charge in [0, 0.05) is 0 Å². The van der Waals surface area contributed by atoms with Crippen LogP contribution in [0.5, 0.6) is 0 Å². The number of hydrogen-bond acceptors (Lipinski definition) is 0. The van der Waals surface area contributed by atoms with Gasteiger partial charge in [-0.3, -0.25) is 0 Å². The number of hydrogen-bond donors (Lipinski definition) is 0. The van der Waals surface area contributed by atoms with Crippen LogP contribution in [0.3, 0.4) is 0 Å². The molecular formula is C13H16Hf. The van der Waals surface area contributed by atoms with Gasteiger partial charge in [0.1, 0.15) is 0 Å². The van der Waals surface area contributed by atoms with E-state index < -0.39 is 22.9 Å². The molecule has 0 spiro atoms. The van der Waals surface area contributed by atoms with Crippen LogP contribution in [0.4, 0.5) is 0 Å². The Morgan fingerprint density at radius 3 is 2.71 bits per heavy atom. The number of rotatable bonds is 3. The van der Waals surface area contributed by atoms with Crippen molar-refractivity contribution in [2.45, 2.75) is 26.7 Å². The summed E-state index contributed by atoms with van der Waals surface area (Å²) in [7, 11) is 0. The first-order valence-electron chi connectivity index (χ1n) is 5.29. The molecule has 0 amide bonds. The van der Waals surface area contributed by atoms with Gasteiger partial charge in [0.15, 0.2) is 0 Å². The summed E-state index contributed by atoms with van der Waals surface area (Å²) in [6, 6.07) is 0. The molecule has 0 aromatic rings.